The maximum atomic E-state index is 12.0. The zero-order valence-corrected chi connectivity index (χ0v) is 11.7. The largest absolute Gasteiger partial charge is 0.323 e. The van der Waals surface area contributed by atoms with E-state index >= 15 is 0 Å². The maximum Gasteiger partial charge on any atom is 0.320 e. The zero-order chi connectivity index (χ0) is 14.0. The number of nitrogens with one attached hydrogen (secondary N) is 2. The Morgan fingerprint density at radius 2 is 2.26 bits per heavy atom. The minimum absolute atomic E-state index is 0.0637. The summed E-state index contributed by atoms with van der Waals surface area (Å²) >= 11 is 0. The van der Waals surface area contributed by atoms with Crippen LogP contribution in [0.3, 0.4) is 0 Å². The van der Waals surface area contributed by atoms with Gasteiger partial charge in [0.05, 0.1) is 12.6 Å². The lowest BCUT2D eigenvalue weighted by molar-refractivity contribution is -0.139. The van der Waals surface area contributed by atoms with Crippen molar-refractivity contribution in [1.82, 2.24) is 20.6 Å². The summed E-state index contributed by atoms with van der Waals surface area (Å²) < 4.78 is 0. The molecule has 7 nitrogen and oxygen atoms in total. The number of hydroxylamine groups is 1. The highest BCUT2D eigenvalue weighted by atomic mass is 16.7. The average Bonchev–Trinajstić information content (AvgIpc) is 2.63. The molecule has 108 valence electrons. The molecule has 2 aliphatic heterocycles. The van der Waals surface area contributed by atoms with Crippen molar-refractivity contribution < 1.29 is 14.4 Å². The van der Waals surface area contributed by atoms with Gasteiger partial charge in [-0.2, -0.15) is 0 Å². The van der Waals surface area contributed by atoms with Crippen LogP contribution >= 0.6 is 0 Å². The van der Waals surface area contributed by atoms with Gasteiger partial charge in [-0.25, -0.2) is 10.3 Å². The quantitative estimate of drug-likeness (QED) is 0.663. The fourth-order valence-corrected chi connectivity index (χ4v) is 2.50. The normalized spacial score (nSPS) is 27.6. The van der Waals surface area contributed by atoms with Crippen LogP contribution in [0.2, 0.25) is 0 Å². The van der Waals surface area contributed by atoms with Gasteiger partial charge in [-0.1, -0.05) is 0 Å². The highest BCUT2D eigenvalue weighted by Gasteiger charge is 2.45. The van der Waals surface area contributed by atoms with Crippen molar-refractivity contribution in [3.8, 4) is 0 Å². The number of urea groups is 1. The van der Waals surface area contributed by atoms with Gasteiger partial charge in [0.15, 0.2) is 0 Å². The molecule has 2 saturated heterocycles. The van der Waals surface area contributed by atoms with Gasteiger partial charge in [-0.05, 0) is 26.8 Å². The fraction of sp³-hybridized carbons (Fsp3) is 0.833. The molecule has 0 radical (unpaired) electrons. The maximum absolute atomic E-state index is 12.0. The summed E-state index contributed by atoms with van der Waals surface area (Å²) in [6.07, 6.45) is 1.56. The first-order chi connectivity index (χ1) is 9.04. The standard InChI is InChI=1S/C12H22N4O3/c1-8(13-2)7-19-14-11(17)10-5-4-9-6-16(10)12(18)15(9)3/h8-10,13H,4-7H2,1-3H3,(H,14,17)/t8-,9-,10+/m1/s1. The molecule has 3 atom stereocenters. The minimum Gasteiger partial charge on any atom is -0.323 e. The van der Waals surface area contributed by atoms with Crippen LogP contribution in [0.1, 0.15) is 19.8 Å². The van der Waals surface area contributed by atoms with Crippen molar-refractivity contribution in [3.05, 3.63) is 0 Å². The molecule has 0 aromatic rings. The Hall–Kier alpha value is -1.34. The van der Waals surface area contributed by atoms with E-state index in [1.165, 1.54) is 0 Å². The number of amides is 3. The second kappa shape index (κ2) is 5.75. The molecule has 7 heteroatoms. The van der Waals surface area contributed by atoms with Gasteiger partial charge in [-0.3, -0.25) is 9.63 Å². The predicted molar refractivity (Wildman–Crippen MR) is 69.3 cm³/mol. The predicted octanol–water partition coefficient (Wildman–Crippen LogP) is -0.459. The van der Waals surface area contributed by atoms with Crippen LogP contribution in [-0.4, -0.2) is 67.1 Å². The van der Waals surface area contributed by atoms with E-state index in [9.17, 15) is 9.59 Å². The van der Waals surface area contributed by atoms with E-state index in [1.54, 1.807) is 16.8 Å². The van der Waals surface area contributed by atoms with Gasteiger partial charge < -0.3 is 15.1 Å². The van der Waals surface area contributed by atoms with Gasteiger partial charge in [0.25, 0.3) is 5.91 Å². The molecule has 0 saturated carbocycles. The summed E-state index contributed by atoms with van der Waals surface area (Å²) in [6, 6.07) is -0.0535. The summed E-state index contributed by atoms with van der Waals surface area (Å²) in [6.45, 7) is 2.99. The number of likely N-dealkylation sites (N-methyl/N-ethyl adjacent to an activating group) is 2. The molecule has 3 amide bonds. The molecule has 2 heterocycles. The summed E-state index contributed by atoms with van der Waals surface area (Å²) in [5.41, 5.74) is 2.44. The first kappa shape index (κ1) is 14.1. The molecule has 0 aromatic heterocycles. The summed E-state index contributed by atoms with van der Waals surface area (Å²) in [5.74, 6) is -0.231. The molecular weight excluding hydrogens is 248 g/mol. The Morgan fingerprint density at radius 3 is 2.95 bits per heavy atom. The second-order valence-electron chi connectivity index (χ2n) is 5.26. The molecule has 2 aliphatic rings. The molecule has 0 aliphatic carbocycles. The van der Waals surface area contributed by atoms with Crippen molar-refractivity contribution in [2.75, 3.05) is 27.2 Å². The van der Waals surface area contributed by atoms with Gasteiger partial charge in [0.1, 0.15) is 6.04 Å². The smallest absolute Gasteiger partial charge is 0.320 e. The summed E-state index contributed by atoms with van der Waals surface area (Å²) in [4.78, 5) is 32.5. The van der Waals surface area contributed by atoms with E-state index in [-0.39, 0.29) is 24.0 Å². The van der Waals surface area contributed by atoms with Crippen molar-refractivity contribution in [3.63, 3.8) is 0 Å². The van der Waals surface area contributed by atoms with E-state index < -0.39 is 6.04 Å². The van der Waals surface area contributed by atoms with Gasteiger partial charge in [0.2, 0.25) is 0 Å². The van der Waals surface area contributed by atoms with Crippen LogP contribution in [0.25, 0.3) is 0 Å². The lowest BCUT2D eigenvalue weighted by Gasteiger charge is -2.29. The van der Waals surface area contributed by atoms with Crippen molar-refractivity contribution in [2.24, 2.45) is 0 Å². The molecule has 19 heavy (non-hydrogen) atoms. The monoisotopic (exact) mass is 270 g/mol. The minimum atomic E-state index is -0.404. The third kappa shape index (κ3) is 2.82. The van der Waals surface area contributed by atoms with E-state index in [2.05, 4.69) is 10.8 Å². The van der Waals surface area contributed by atoms with Gasteiger partial charge in [-0.15, -0.1) is 0 Å². The van der Waals surface area contributed by atoms with Crippen molar-refractivity contribution in [2.45, 2.75) is 37.9 Å². The van der Waals surface area contributed by atoms with E-state index in [4.69, 9.17) is 4.84 Å². The third-order valence-electron chi connectivity index (χ3n) is 3.95. The zero-order valence-electron chi connectivity index (χ0n) is 11.7. The number of carbonyl (C=O) groups is 2. The van der Waals surface area contributed by atoms with Crippen LogP contribution in [0.4, 0.5) is 4.79 Å². The third-order valence-corrected chi connectivity index (χ3v) is 3.95. The Kier molecular flexibility index (Phi) is 4.26. The SMILES string of the molecule is CN[C@H](C)CONC(=O)[C@@H]1CC[C@@H]2CN1C(=O)N2C. The van der Waals surface area contributed by atoms with Gasteiger partial charge >= 0.3 is 6.03 Å². The number of piperidine rings is 1. The number of hydrogen-bond donors (Lipinski definition) is 2. The molecule has 0 spiro atoms. The molecule has 2 rings (SSSR count). The summed E-state index contributed by atoms with van der Waals surface area (Å²) in [7, 11) is 3.62. The molecule has 0 unspecified atom stereocenters. The lowest BCUT2D eigenvalue weighted by atomic mass is 10.0. The molecule has 0 aromatic carbocycles. The molecule has 2 bridgehead atoms. The summed E-state index contributed by atoms with van der Waals surface area (Å²) in [5, 5.41) is 3.01. The Bertz CT molecular complexity index is 363. The first-order valence-corrected chi connectivity index (χ1v) is 6.67. The Labute approximate surface area is 113 Å². The van der Waals surface area contributed by atoms with Gasteiger partial charge in [0, 0.05) is 19.6 Å². The number of fused-ring (bicyclic) bond motifs is 2. The Morgan fingerprint density at radius 1 is 1.53 bits per heavy atom. The fourth-order valence-electron chi connectivity index (χ4n) is 2.50. The van der Waals surface area contributed by atoms with Crippen LogP contribution in [0.15, 0.2) is 0 Å². The number of nitrogens with zero attached hydrogens (tertiary/aromatic N) is 2. The highest BCUT2D eigenvalue weighted by molar-refractivity contribution is 5.88. The van der Waals surface area contributed by atoms with E-state index in [0.717, 1.165) is 6.42 Å². The number of carbonyl (C=O) groups excluding carboxylic acids is 2. The van der Waals surface area contributed by atoms with Crippen LogP contribution < -0.4 is 10.8 Å². The van der Waals surface area contributed by atoms with Crippen LogP contribution in [-0.2, 0) is 9.63 Å². The number of hydrogen-bond acceptors (Lipinski definition) is 4. The average molecular weight is 270 g/mol. The van der Waals surface area contributed by atoms with Crippen LogP contribution in [0.5, 0.6) is 0 Å². The van der Waals surface area contributed by atoms with E-state index in [0.29, 0.717) is 19.6 Å². The molecule has 2 N–H and O–H groups in total. The number of rotatable bonds is 5. The van der Waals surface area contributed by atoms with Crippen LogP contribution in [0, 0.1) is 0 Å². The Balaban J connectivity index is 1.85. The highest BCUT2D eigenvalue weighted by Crippen LogP contribution is 2.28. The second-order valence-corrected chi connectivity index (χ2v) is 5.26. The molecular formula is C12H22N4O3. The van der Waals surface area contributed by atoms with Crippen molar-refractivity contribution >= 4 is 11.9 Å². The lowest BCUT2D eigenvalue weighted by Crippen LogP contribution is -2.50. The van der Waals surface area contributed by atoms with E-state index in [1.807, 2.05) is 14.0 Å². The topological polar surface area (TPSA) is 73.9 Å². The first-order valence-electron chi connectivity index (χ1n) is 6.67. The molecule has 2 fully saturated rings. The van der Waals surface area contributed by atoms with Crippen molar-refractivity contribution in [1.29, 1.82) is 0 Å².